The number of aliphatic carboxylic acids is 1. The van der Waals surface area contributed by atoms with Crippen molar-refractivity contribution in [2.75, 3.05) is 19.0 Å². The lowest BCUT2D eigenvalue weighted by Crippen LogP contribution is -2.59. The van der Waals surface area contributed by atoms with Gasteiger partial charge >= 0.3 is 11.9 Å². The third kappa shape index (κ3) is 23.7. The number of carboxylic acid groups (broad SMARTS) is 1. The maximum absolute atomic E-state index is 13.3. The molecule has 1 aromatic carbocycles. The van der Waals surface area contributed by atoms with Crippen molar-refractivity contribution < 1.29 is 94.6 Å². The van der Waals surface area contributed by atoms with Crippen LogP contribution in [-0.2, 0) is 28.5 Å². The van der Waals surface area contributed by atoms with Crippen molar-refractivity contribution in [3.63, 3.8) is 0 Å². The fraction of sp³-hybridized carbons (Fsp3) is 0.603. The van der Waals surface area contributed by atoms with Gasteiger partial charge in [0, 0.05) is 49.9 Å². The van der Waals surface area contributed by atoms with Gasteiger partial charge in [-0.1, -0.05) is 98.9 Å². The molecule has 0 spiro atoms. The lowest BCUT2D eigenvalue weighted by molar-refractivity contribution is -0.305. The molecule has 4 rings (SSSR count). The van der Waals surface area contributed by atoms with Crippen molar-refractivity contribution in [3.05, 3.63) is 115 Å². The number of anilines is 1. The second kappa shape index (κ2) is 33.8. The summed E-state index contributed by atoms with van der Waals surface area (Å²) in [5.41, 5.74) is 7.27. The van der Waals surface area contributed by atoms with Crippen LogP contribution >= 0.6 is 0 Å². The van der Waals surface area contributed by atoms with E-state index in [4.69, 9.17) is 24.7 Å². The SMILES string of the molecule is CNc1ccc(C(=O)CC(O)CCC(C)C2OC(=O)CC(O)CC(O)CC(O)CC(O)CC(O)CC(O)CC3(O)CC(O)C(C(=O)O)C(CC(O[C@@H]4OC[C@@H](O)[C@H](N)[C@@H]4O)/C=C/C=C/C=C/C=C/C=C/C=C/C=C/C2C)O3)cc1. The van der Waals surface area contributed by atoms with Gasteiger partial charge in [0.05, 0.1) is 86.2 Å². The number of carbonyl (C=O) groups excluding carboxylic acids is 2. The van der Waals surface area contributed by atoms with E-state index >= 15 is 0 Å². The minimum Gasteiger partial charge on any atom is -0.481 e. The molecule has 3 heterocycles. The summed E-state index contributed by atoms with van der Waals surface area (Å²) in [5, 5.41) is 133. The Balaban J connectivity index is 1.52. The Labute approximate surface area is 462 Å². The monoisotopic (exact) mass is 1110 g/mol. The van der Waals surface area contributed by atoms with E-state index in [9.17, 15) is 75.7 Å². The van der Waals surface area contributed by atoms with Crippen molar-refractivity contribution in [2.45, 2.75) is 188 Å². The summed E-state index contributed by atoms with van der Waals surface area (Å²) in [4.78, 5) is 38.8. The van der Waals surface area contributed by atoms with Crippen LogP contribution in [0.25, 0.3) is 0 Å². The van der Waals surface area contributed by atoms with Crippen LogP contribution in [0.5, 0.6) is 0 Å². The van der Waals surface area contributed by atoms with E-state index in [1.807, 2.05) is 19.9 Å². The summed E-state index contributed by atoms with van der Waals surface area (Å²) in [7, 11) is 1.77. The molecule has 21 nitrogen and oxygen atoms in total. The molecule has 2 fully saturated rings. The number of esters is 1. The molecule has 19 atom stereocenters. The van der Waals surface area contributed by atoms with Gasteiger partial charge in [-0.3, -0.25) is 14.4 Å². The number of rotatable bonds is 11. The zero-order valence-electron chi connectivity index (χ0n) is 45.3. The lowest BCUT2D eigenvalue weighted by atomic mass is 9.82. The van der Waals surface area contributed by atoms with E-state index in [2.05, 4.69) is 5.32 Å². The van der Waals surface area contributed by atoms with Gasteiger partial charge in [-0.2, -0.15) is 0 Å². The third-order valence-corrected chi connectivity index (χ3v) is 14.2. The first-order valence-electron chi connectivity index (χ1n) is 27.1. The van der Waals surface area contributed by atoms with Crippen molar-refractivity contribution >= 4 is 23.4 Å². The Hall–Kier alpha value is -4.79. The number of hydrogen-bond donors (Lipinski definition) is 14. The van der Waals surface area contributed by atoms with Gasteiger partial charge in [0.2, 0.25) is 0 Å². The smallest absolute Gasteiger partial charge is 0.311 e. The Kier molecular flexibility index (Phi) is 28.6. The number of ether oxygens (including phenoxy) is 4. The highest BCUT2D eigenvalue weighted by atomic mass is 16.7. The number of nitrogens with two attached hydrogens (primary N) is 1. The summed E-state index contributed by atoms with van der Waals surface area (Å²) >= 11 is 0. The van der Waals surface area contributed by atoms with Gasteiger partial charge in [0.25, 0.3) is 0 Å². The predicted octanol–water partition coefficient (Wildman–Crippen LogP) is 2.15. The van der Waals surface area contributed by atoms with E-state index in [0.29, 0.717) is 12.0 Å². The first-order chi connectivity index (χ1) is 37.5. The molecule has 0 saturated carbocycles. The fourth-order valence-electron chi connectivity index (χ4n) is 9.95. The Morgan fingerprint density at radius 2 is 1.24 bits per heavy atom. The number of allylic oxidation sites excluding steroid dienone is 12. The van der Waals surface area contributed by atoms with Crippen LogP contribution < -0.4 is 11.1 Å². The zero-order chi connectivity index (χ0) is 58.2. The Bertz CT molecular complexity index is 2220. The molecule has 21 heteroatoms. The minimum absolute atomic E-state index is 0.0969. The van der Waals surface area contributed by atoms with Gasteiger partial charge in [-0.15, -0.1) is 0 Å². The summed E-state index contributed by atoms with van der Waals surface area (Å²) < 4.78 is 23.4. The standard InChI is InChI=1S/C58H86N2O19/c1-35-16-14-12-10-8-6-4-5-7-9-11-13-15-17-46(77-57-54(72)53(59)49(70)34-76-57)31-50-52(56(73)74)48(69)33-58(75,79-50)32-45(67)28-43(65)26-41(63)24-40(62)25-42(64)27-44(66)30-51(71)78-55(35)36(2)18-23-39(61)29-47(68)37-19-21-38(60-3)22-20-37/h4-17,19-22,35-36,39-46,48-50,52-55,57,60-67,69-70,72,75H,18,23-34,59H2,1-3H3,(H,73,74)/b5-4+,8-6+,9-7+,12-10+,13-11+,16-14+,17-15+/t35?,36?,39?,40?,41?,42?,43?,44?,45?,46?,48?,49-,50?,52?,53+,54+,55?,57+,58?/m1/s1. The lowest BCUT2D eigenvalue weighted by Gasteiger charge is -2.45. The van der Waals surface area contributed by atoms with Crippen LogP contribution in [0.15, 0.2) is 109 Å². The van der Waals surface area contributed by atoms with E-state index in [-0.39, 0.29) is 69.2 Å². The number of hydrogen-bond acceptors (Lipinski definition) is 20. The maximum Gasteiger partial charge on any atom is 0.311 e. The molecule has 442 valence electrons. The molecule has 79 heavy (non-hydrogen) atoms. The van der Waals surface area contributed by atoms with Gasteiger partial charge in [0.15, 0.2) is 17.9 Å². The highest BCUT2D eigenvalue weighted by Gasteiger charge is 2.50. The van der Waals surface area contributed by atoms with Crippen LogP contribution in [0.1, 0.15) is 101 Å². The summed E-state index contributed by atoms with van der Waals surface area (Å²) in [6.07, 6.45) is 2.56. The average Bonchev–Trinajstić information content (AvgIpc) is 3.36. The molecule has 15 N–H and O–H groups in total. The second-order valence-electron chi connectivity index (χ2n) is 21.2. The van der Waals surface area contributed by atoms with E-state index < -0.39 is 141 Å². The predicted molar refractivity (Wildman–Crippen MR) is 292 cm³/mol. The average molecular weight is 1120 g/mol. The van der Waals surface area contributed by atoms with Crippen molar-refractivity contribution in [1.29, 1.82) is 0 Å². The van der Waals surface area contributed by atoms with Gasteiger partial charge in [-0.05, 0) is 75.1 Å². The Morgan fingerprint density at radius 1 is 0.722 bits per heavy atom. The first kappa shape index (κ1) is 66.7. The van der Waals surface area contributed by atoms with Crippen molar-refractivity contribution in [3.8, 4) is 0 Å². The van der Waals surface area contributed by atoms with Crippen LogP contribution in [0.2, 0.25) is 0 Å². The summed E-state index contributed by atoms with van der Waals surface area (Å²) in [6.45, 7) is 3.44. The number of fused-ring (bicyclic) bond motifs is 2. The number of carboxylic acids is 1. The number of cyclic esters (lactones) is 1. The minimum atomic E-state index is -2.33. The molecule has 15 unspecified atom stereocenters. The van der Waals surface area contributed by atoms with Crippen LogP contribution in [0, 0.1) is 17.8 Å². The number of benzene rings is 1. The molecular weight excluding hydrogens is 1030 g/mol. The van der Waals surface area contributed by atoms with Crippen molar-refractivity contribution in [1.82, 2.24) is 0 Å². The molecule has 3 aliphatic heterocycles. The summed E-state index contributed by atoms with van der Waals surface area (Å²) in [5.74, 6) is -7.00. The highest BCUT2D eigenvalue weighted by Crippen LogP contribution is 2.38. The largest absolute Gasteiger partial charge is 0.481 e. The quantitative estimate of drug-likeness (QED) is 0.111. The highest BCUT2D eigenvalue weighted by molar-refractivity contribution is 5.96. The topological polar surface area (TPSA) is 369 Å². The van der Waals surface area contributed by atoms with Crippen LogP contribution in [-0.4, -0.2) is 190 Å². The van der Waals surface area contributed by atoms with Crippen LogP contribution in [0.4, 0.5) is 5.69 Å². The van der Waals surface area contributed by atoms with Crippen LogP contribution in [0.3, 0.4) is 0 Å². The maximum atomic E-state index is 13.3. The van der Waals surface area contributed by atoms with E-state index in [1.54, 1.807) is 104 Å². The number of nitrogens with one attached hydrogen (secondary N) is 1. The number of ketones is 1. The molecular formula is C58H86N2O19. The van der Waals surface area contributed by atoms with Gasteiger partial charge in [0.1, 0.15) is 18.1 Å². The molecule has 0 aromatic heterocycles. The number of aliphatic hydroxyl groups excluding tert-OH is 10. The van der Waals surface area contributed by atoms with Gasteiger partial charge in [-0.25, -0.2) is 0 Å². The second-order valence-corrected chi connectivity index (χ2v) is 21.2. The number of carbonyl (C=O) groups is 3. The summed E-state index contributed by atoms with van der Waals surface area (Å²) in [6, 6.07) is 5.78. The molecule has 0 aliphatic carbocycles. The number of Topliss-reactive ketones (excluding diaryl/α,β-unsaturated/α-hetero) is 1. The molecule has 1 aromatic rings. The third-order valence-electron chi connectivity index (χ3n) is 14.2. The molecule has 2 saturated heterocycles. The zero-order valence-corrected chi connectivity index (χ0v) is 45.3. The first-order valence-corrected chi connectivity index (χ1v) is 27.1. The molecule has 0 amide bonds. The number of aliphatic hydroxyl groups is 11. The fourth-order valence-corrected chi connectivity index (χ4v) is 9.95. The van der Waals surface area contributed by atoms with Gasteiger partial charge < -0.3 is 91.3 Å². The molecule has 0 radical (unpaired) electrons. The van der Waals surface area contributed by atoms with E-state index in [0.717, 1.165) is 5.69 Å². The Morgan fingerprint density at radius 3 is 1.78 bits per heavy atom. The van der Waals surface area contributed by atoms with E-state index in [1.165, 1.54) is 6.08 Å². The molecule has 2 bridgehead atoms. The van der Waals surface area contributed by atoms with Crippen molar-refractivity contribution in [2.24, 2.45) is 23.5 Å². The normalized spacial score (nSPS) is 38.3. The molecule has 3 aliphatic rings.